The second-order valence-corrected chi connectivity index (χ2v) is 5.99. The highest BCUT2D eigenvalue weighted by molar-refractivity contribution is 5.65. The zero-order valence-corrected chi connectivity index (χ0v) is 11.2. The Bertz CT molecular complexity index is 263. The van der Waals surface area contributed by atoms with Gasteiger partial charge in [-0.3, -0.25) is 4.99 Å². The minimum atomic E-state index is 0.0384. The van der Waals surface area contributed by atoms with Gasteiger partial charge in [-0.05, 0) is 39.5 Å². The fraction of sp³-hybridized carbons (Fsp3) is 0.667. The van der Waals surface area contributed by atoms with E-state index in [4.69, 9.17) is 4.99 Å². The van der Waals surface area contributed by atoms with Gasteiger partial charge in [0.15, 0.2) is 0 Å². The van der Waals surface area contributed by atoms with Gasteiger partial charge in [-0.15, -0.1) is 0 Å². The first-order chi connectivity index (χ1) is 7.41. The van der Waals surface area contributed by atoms with Crippen LogP contribution in [0, 0.1) is 5.41 Å². The van der Waals surface area contributed by atoms with Crippen LogP contribution in [0.25, 0.3) is 0 Å². The third kappa shape index (κ3) is 5.29. The summed E-state index contributed by atoms with van der Waals surface area (Å²) >= 11 is 0. The van der Waals surface area contributed by atoms with Crippen LogP contribution in [-0.4, -0.2) is 11.8 Å². The van der Waals surface area contributed by atoms with Crippen LogP contribution in [0.1, 0.15) is 53.4 Å². The Morgan fingerprint density at radius 1 is 0.812 bits per heavy atom. The molecule has 1 heteroatoms. The van der Waals surface area contributed by atoms with Gasteiger partial charge in [0.2, 0.25) is 0 Å². The van der Waals surface area contributed by atoms with Gasteiger partial charge in [0.1, 0.15) is 0 Å². The fourth-order valence-corrected chi connectivity index (χ4v) is 1.64. The fourth-order valence-electron chi connectivity index (χ4n) is 1.64. The second kappa shape index (κ2) is 5.47. The van der Waals surface area contributed by atoms with Crippen molar-refractivity contribution in [2.75, 3.05) is 0 Å². The maximum absolute atomic E-state index is 4.73. The molecule has 0 spiro atoms. The lowest BCUT2D eigenvalue weighted by Crippen LogP contribution is -2.20. The number of rotatable bonds is 0. The lowest BCUT2D eigenvalue weighted by molar-refractivity contribution is 0.499. The monoisotopic (exact) mass is 219 g/mol. The van der Waals surface area contributed by atoms with Crippen molar-refractivity contribution >= 4 is 6.21 Å². The zero-order valence-electron chi connectivity index (χ0n) is 11.2. The second-order valence-electron chi connectivity index (χ2n) is 5.99. The van der Waals surface area contributed by atoms with Crippen molar-refractivity contribution in [3.63, 3.8) is 0 Å². The van der Waals surface area contributed by atoms with Crippen molar-refractivity contribution in [2.45, 2.75) is 58.9 Å². The highest BCUT2D eigenvalue weighted by Crippen LogP contribution is 2.22. The van der Waals surface area contributed by atoms with E-state index in [1.54, 1.807) is 0 Å². The average Bonchev–Trinajstić information content (AvgIpc) is 2.18. The Morgan fingerprint density at radius 2 is 1.38 bits per heavy atom. The Labute approximate surface area is 100 Å². The molecular weight excluding hydrogens is 194 g/mol. The van der Waals surface area contributed by atoms with E-state index < -0.39 is 0 Å². The van der Waals surface area contributed by atoms with E-state index in [-0.39, 0.29) is 11.0 Å². The SMILES string of the molecule is CC1(C)C=NC(C)(C)CC=CCCC=CC1. The van der Waals surface area contributed by atoms with E-state index in [9.17, 15) is 0 Å². The molecular formula is C15H25N. The summed E-state index contributed by atoms with van der Waals surface area (Å²) < 4.78 is 0. The highest BCUT2D eigenvalue weighted by Gasteiger charge is 2.17. The van der Waals surface area contributed by atoms with Crippen molar-refractivity contribution in [3.8, 4) is 0 Å². The predicted octanol–water partition coefficient (Wildman–Crippen LogP) is 4.55. The van der Waals surface area contributed by atoms with Gasteiger partial charge in [-0.25, -0.2) is 0 Å². The van der Waals surface area contributed by atoms with Gasteiger partial charge < -0.3 is 0 Å². The van der Waals surface area contributed by atoms with Crippen molar-refractivity contribution in [2.24, 2.45) is 10.4 Å². The van der Waals surface area contributed by atoms with E-state index in [1.807, 2.05) is 0 Å². The minimum absolute atomic E-state index is 0.0384. The van der Waals surface area contributed by atoms with Crippen molar-refractivity contribution in [1.29, 1.82) is 0 Å². The number of hydrogen-bond donors (Lipinski definition) is 0. The summed E-state index contributed by atoms with van der Waals surface area (Å²) in [7, 11) is 0. The van der Waals surface area contributed by atoms with Gasteiger partial charge in [-0.1, -0.05) is 38.2 Å². The molecule has 1 heterocycles. The van der Waals surface area contributed by atoms with E-state index in [2.05, 4.69) is 58.2 Å². The summed E-state index contributed by atoms with van der Waals surface area (Å²) in [5.74, 6) is 0. The first kappa shape index (κ1) is 13.2. The van der Waals surface area contributed by atoms with Crippen molar-refractivity contribution < 1.29 is 0 Å². The van der Waals surface area contributed by atoms with E-state index in [0.29, 0.717) is 0 Å². The molecule has 0 aromatic rings. The van der Waals surface area contributed by atoms with E-state index in [0.717, 1.165) is 25.7 Å². The maximum Gasteiger partial charge on any atom is 0.0582 e. The molecule has 0 aliphatic carbocycles. The Morgan fingerprint density at radius 3 is 2.00 bits per heavy atom. The van der Waals surface area contributed by atoms with Gasteiger partial charge in [0.25, 0.3) is 0 Å². The summed E-state index contributed by atoms with van der Waals surface area (Å²) in [6, 6.07) is 0. The lowest BCUT2D eigenvalue weighted by Gasteiger charge is -2.23. The smallest absolute Gasteiger partial charge is 0.0582 e. The van der Waals surface area contributed by atoms with Crippen molar-refractivity contribution in [1.82, 2.24) is 0 Å². The van der Waals surface area contributed by atoms with Crippen LogP contribution in [0.5, 0.6) is 0 Å². The van der Waals surface area contributed by atoms with Crippen LogP contribution in [0.15, 0.2) is 29.3 Å². The number of allylic oxidation sites excluding steroid dienone is 3. The standard InChI is InChI=1S/C15H25N/c1-14(2)11-9-7-5-6-8-10-12-15(3,4)16-13-14/h7-10,13H,5-6,11-12H2,1-4H3. The number of nitrogens with zero attached hydrogens (tertiary/aromatic N) is 1. The molecule has 0 fully saturated rings. The number of hydrogen-bond acceptors (Lipinski definition) is 1. The first-order valence-electron chi connectivity index (χ1n) is 6.28. The molecule has 90 valence electrons. The molecule has 0 aromatic carbocycles. The largest absolute Gasteiger partial charge is 0.291 e. The van der Waals surface area contributed by atoms with Crippen LogP contribution >= 0.6 is 0 Å². The topological polar surface area (TPSA) is 12.4 Å². The third-order valence-corrected chi connectivity index (χ3v) is 2.86. The summed E-state index contributed by atoms with van der Waals surface area (Å²) in [4.78, 5) is 4.73. The molecule has 0 saturated carbocycles. The van der Waals surface area contributed by atoms with Gasteiger partial charge in [0, 0.05) is 11.6 Å². The Kier molecular flexibility index (Phi) is 4.52. The van der Waals surface area contributed by atoms with Crippen LogP contribution in [0.4, 0.5) is 0 Å². The third-order valence-electron chi connectivity index (χ3n) is 2.86. The molecule has 0 unspecified atom stereocenters. The van der Waals surface area contributed by atoms with Gasteiger partial charge in [0.05, 0.1) is 5.54 Å². The quantitative estimate of drug-likeness (QED) is 0.530. The molecule has 1 aliphatic heterocycles. The molecule has 1 nitrogen and oxygen atoms in total. The average molecular weight is 219 g/mol. The number of aliphatic imine (C=N–C) groups is 1. The summed E-state index contributed by atoms with van der Waals surface area (Å²) in [6.07, 6.45) is 15.7. The summed E-state index contributed by atoms with van der Waals surface area (Å²) in [5.41, 5.74) is 0.216. The molecule has 0 bridgehead atoms. The maximum atomic E-state index is 4.73. The van der Waals surface area contributed by atoms with Crippen LogP contribution in [0.2, 0.25) is 0 Å². The van der Waals surface area contributed by atoms with Crippen LogP contribution < -0.4 is 0 Å². The molecule has 1 rings (SSSR count). The molecule has 1 aliphatic rings. The van der Waals surface area contributed by atoms with Crippen molar-refractivity contribution in [3.05, 3.63) is 24.3 Å². The molecule has 0 atom stereocenters. The van der Waals surface area contributed by atoms with E-state index in [1.165, 1.54) is 0 Å². The van der Waals surface area contributed by atoms with Gasteiger partial charge >= 0.3 is 0 Å². The lowest BCUT2D eigenvalue weighted by atomic mass is 9.89. The molecule has 16 heavy (non-hydrogen) atoms. The minimum Gasteiger partial charge on any atom is -0.291 e. The predicted molar refractivity (Wildman–Crippen MR) is 73.1 cm³/mol. The summed E-state index contributed by atoms with van der Waals surface area (Å²) in [5, 5.41) is 0. The molecule has 0 amide bonds. The zero-order chi connectivity index (χ0) is 12.1. The Hall–Kier alpha value is -0.850. The Balaban J connectivity index is 2.80. The van der Waals surface area contributed by atoms with Gasteiger partial charge in [-0.2, -0.15) is 0 Å². The molecule has 0 radical (unpaired) electrons. The normalized spacial score (nSPS) is 24.8. The highest BCUT2D eigenvalue weighted by atomic mass is 14.8. The molecule has 0 N–H and O–H groups in total. The summed E-state index contributed by atoms with van der Waals surface area (Å²) in [6.45, 7) is 8.90. The van der Waals surface area contributed by atoms with E-state index >= 15 is 0 Å². The van der Waals surface area contributed by atoms with Crippen LogP contribution in [0.3, 0.4) is 0 Å². The molecule has 0 aromatic heterocycles. The van der Waals surface area contributed by atoms with Crippen LogP contribution in [-0.2, 0) is 0 Å². The first-order valence-corrected chi connectivity index (χ1v) is 6.28. The molecule has 0 saturated heterocycles.